The molecule has 0 aliphatic heterocycles. The molecule has 0 unspecified atom stereocenters. The molecule has 0 saturated carbocycles. The van der Waals surface area contributed by atoms with E-state index in [0.29, 0.717) is 4.90 Å². The first-order valence-corrected chi connectivity index (χ1v) is 5.24. The van der Waals surface area contributed by atoms with Gasteiger partial charge in [-0.2, -0.15) is 35.7 Å². The van der Waals surface area contributed by atoms with Crippen LogP contribution < -0.4 is 4.90 Å². The van der Waals surface area contributed by atoms with Gasteiger partial charge in [0.15, 0.2) is 0 Å². The van der Waals surface area contributed by atoms with Crippen molar-refractivity contribution in [2.24, 2.45) is 0 Å². The Morgan fingerprint density at radius 1 is 1.17 bits per heavy atom. The Kier molecular flexibility index (Phi) is 4.37. The Labute approximate surface area is 101 Å². The largest absolute Gasteiger partial charge is 0.452 e. The van der Waals surface area contributed by atoms with Crippen molar-refractivity contribution in [3.63, 3.8) is 0 Å². The Bertz CT molecular complexity index is 389. The summed E-state index contributed by atoms with van der Waals surface area (Å²) < 4.78 is 76.0. The van der Waals surface area contributed by atoms with Crippen LogP contribution in [0.2, 0.25) is 0 Å². The summed E-state index contributed by atoms with van der Waals surface area (Å²) in [5.41, 5.74) is 0. The smallest absolute Gasteiger partial charge is 0.395 e. The standard InChI is InChI=1S/C7H7F6N3OS/c8-6(9,10)3-16(1-2-17)5-14-4(15-18-5)7(11,12)13/h17H,1-3H2. The SMILES string of the molecule is OCCN(CC(F)(F)F)c1nc(C(F)(F)F)ns1. The maximum atomic E-state index is 12.2. The van der Waals surface area contributed by atoms with E-state index in [-0.39, 0.29) is 11.5 Å². The van der Waals surface area contributed by atoms with E-state index >= 15 is 0 Å². The van der Waals surface area contributed by atoms with Crippen LogP contribution in [0.5, 0.6) is 0 Å². The zero-order valence-corrected chi connectivity index (χ0v) is 9.40. The average molecular weight is 295 g/mol. The van der Waals surface area contributed by atoms with Crippen molar-refractivity contribution in [2.45, 2.75) is 12.4 Å². The number of aliphatic hydroxyl groups excluding tert-OH is 1. The summed E-state index contributed by atoms with van der Waals surface area (Å²) in [5.74, 6) is -1.49. The summed E-state index contributed by atoms with van der Waals surface area (Å²) >= 11 is 0.199. The molecule has 1 aromatic rings. The van der Waals surface area contributed by atoms with Crippen LogP contribution in [-0.2, 0) is 6.18 Å². The van der Waals surface area contributed by atoms with Gasteiger partial charge in [-0.25, -0.2) is 0 Å². The van der Waals surface area contributed by atoms with Crippen LogP contribution in [-0.4, -0.2) is 40.3 Å². The van der Waals surface area contributed by atoms with E-state index < -0.39 is 43.0 Å². The van der Waals surface area contributed by atoms with Crippen molar-refractivity contribution in [3.05, 3.63) is 5.82 Å². The summed E-state index contributed by atoms with van der Waals surface area (Å²) in [5, 5.41) is 8.05. The minimum atomic E-state index is -4.81. The number of aromatic nitrogens is 2. The zero-order chi connectivity index (χ0) is 14.0. The summed E-state index contributed by atoms with van der Waals surface area (Å²) in [6.07, 6.45) is -9.42. The Morgan fingerprint density at radius 2 is 1.78 bits per heavy atom. The fourth-order valence-electron chi connectivity index (χ4n) is 1.04. The normalized spacial score (nSPS) is 12.8. The minimum Gasteiger partial charge on any atom is -0.395 e. The second-order valence-corrected chi connectivity index (χ2v) is 3.89. The van der Waals surface area contributed by atoms with Crippen LogP contribution in [0.15, 0.2) is 0 Å². The third-order valence-electron chi connectivity index (χ3n) is 1.68. The highest BCUT2D eigenvalue weighted by molar-refractivity contribution is 7.09. The first kappa shape index (κ1) is 15.0. The first-order chi connectivity index (χ1) is 8.13. The molecule has 0 radical (unpaired) electrons. The third-order valence-corrected chi connectivity index (χ3v) is 2.46. The second kappa shape index (κ2) is 5.26. The molecule has 1 rings (SSSR count). The van der Waals surface area contributed by atoms with E-state index in [2.05, 4.69) is 9.36 Å². The number of alkyl halides is 6. The molecule has 0 fully saturated rings. The second-order valence-electron chi connectivity index (χ2n) is 3.16. The van der Waals surface area contributed by atoms with Crippen LogP contribution in [0.3, 0.4) is 0 Å². The summed E-state index contributed by atoms with van der Waals surface area (Å²) in [6, 6.07) is 0. The van der Waals surface area contributed by atoms with Gasteiger partial charge in [-0.05, 0) is 0 Å². The molecule has 0 aromatic carbocycles. The fraction of sp³-hybridized carbons (Fsp3) is 0.714. The number of hydrogen-bond acceptors (Lipinski definition) is 5. The van der Waals surface area contributed by atoms with Crippen molar-refractivity contribution < 1.29 is 31.4 Å². The van der Waals surface area contributed by atoms with Crippen molar-refractivity contribution in [3.8, 4) is 0 Å². The predicted molar refractivity (Wildman–Crippen MR) is 50.3 cm³/mol. The van der Waals surface area contributed by atoms with Gasteiger partial charge in [-0.15, -0.1) is 0 Å². The third kappa shape index (κ3) is 4.29. The van der Waals surface area contributed by atoms with Gasteiger partial charge >= 0.3 is 12.4 Å². The highest BCUT2D eigenvalue weighted by atomic mass is 32.1. The molecular weight excluding hydrogens is 288 g/mol. The lowest BCUT2D eigenvalue weighted by Crippen LogP contribution is -2.36. The monoisotopic (exact) mass is 295 g/mol. The molecule has 11 heteroatoms. The van der Waals surface area contributed by atoms with Gasteiger partial charge in [0.2, 0.25) is 11.0 Å². The molecule has 1 heterocycles. The number of anilines is 1. The Hall–Kier alpha value is -1.10. The lowest BCUT2D eigenvalue weighted by molar-refractivity contribution is -0.144. The molecule has 1 aromatic heterocycles. The molecule has 1 N–H and O–H groups in total. The van der Waals surface area contributed by atoms with Gasteiger partial charge in [-0.1, -0.05) is 0 Å². The molecule has 0 aliphatic rings. The molecule has 0 bridgehead atoms. The van der Waals surface area contributed by atoms with Crippen LogP contribution >= 0.6 is 11.5 Å². The van der Waals surface area contributed by atoms with E-state index in [0.717, 1.165) is 0 Å². The topological polar surface area (TPSA) is 49.2 Å². The zero-order valence-electron chi connectivity index (χ0n) is 8.59. The molecule has 0 spiro atoms. The number of hydrogen-bond donors (Lipinski definition) is 1. The van der Waals surface area contributed by atoms with E-state index in [1.165, 1.54) is 0 Å². The highest BCUT2D eigenvalue weighted by Gasteiger charge is 2.38. The molecular formula is C7H7F6N3OS. The average Bonchev–Trinajstić information content (AvgIpc) is 2.62. The number of aliphatic hydroxyl groups is 1. The van der Waals surface area contributed by atoms with E-state index in [1.54, 1.807) is 0 Å². The summed E-state index contributed by atoms with van der Waals surface area (Å²) in [7, 11) is 0. The quantitative estimate of drug-likeness (QED) is 0.862. The van der Waals surface area contributed by atoms with Gasteiger partial charge in [0.25, 0.3) is 0 Å². The van der Waals surface area contributed by atoms with Crippen molar-refractivity contribution in [2.75, 3.05) is 24.6 Å². The summed E-state index contributed by atoms with van der Waals surface area (Å²) in [4.78, 5) is 3.47. The molecule has 0 amide bonds. The van der Waals surface area contributed by atoms with Crippen molar-refractivity contribution in [1.29, 1.82) is 0 Å². The Morgan fingerprint density at radius 3 is 2.17 bits per heavy atom. The van der Waals surface area contributed by atoms with Gasteiger partial charge in [-0.3, -0.25) is 0 Å². The highest BCUT2D eigenvalue weighted by Crippen LogP contribution is 2.31. The molecule has 0 saturated heterocycles. The van der Waals surface area contributed by atoms with Crippen molar-refractivity contribution >= 4 is 16.7 Å². The van der Waals surface area contributed by atoms with E-state index in [9.17, 15) is 26.3 Å². The maximum Gasteiger partial charge on any atom is 0.452 e. The predicted octanol–water partition coefficient (Wildman–Crippen LogP) is 1.92. The number of nitrogens with zero attached hydrogens (tertiary/aromatic N) is 3. The van der Waals surface area contributed by atoms with Crippen molar-refractivity contribution in [1.82, 2.24) is 9.36 Å². The summed E-state index contributed by atoms with van der Waals surface area (Å²) in [6.45, 7) is -2.62. The minimum absolute atomic E-state index is 0.199. The lowest BCUT2D eigenvalue weighted by atomic mass is 10.5. The molecule has 104 valence electrons. The van der Waals surface area contributed by atoms with Crippen LogP contribution in [0, 0.1) is 0 Å². The van der Waals surface area contributed by atoms with Gasteiger partial charge in [0.1, 0.15) is 6.54 Å². The molecule has 4 nitrogen and oxygen atoms in total. The van der Waals surface area contributed by atoms with Crippen LogP contribution in [0.25, 0.3) is 0 Å². The first-order valence-electron chi connectivity index (χ1n) is 4.47. The lowest BCUT2D eigenvalue weighted by Gasteiger charge is -2.21. The van der Waals surface area contributed by atoms with Gasteiger partial charge in [0, 0.05) is 18.1 Å². The Balaban J connectivity index is 2.89. The molecule has 18 heavy (non-hydrogen) atoms. The number of halogens is 6. The van der Waals surface area contributed by atoms with E-state index in [1.807, 2.05) is 0 Å². The molecule has 0 atom stereocenters. The fourth-order valence-corrected chi connectivity index (χ4v) is 1.75. The maximum absolute atomic E-state index is 12.2. The van der Waals surface area contributed by atoms with E-state index in [4.69, 9.17) is 5.11 Å². The van der Waals surface area contributed by atoms with Gasteiger partial charge in [0.05, 0.1) is 6.61 Å². The molecule has 0 aliphatic carbocycles. The number of rotatable bonds is 4. The van der Waals surface area contributed by atoms with Gasteiger partial charge < -0.3 is 10.0 Å². The van der Waals surface area contributed by atoms with Crippen LogP contribution in [0.4, 0.5) is 31.5 Å². The van der Waals surface area contributed by atoms with Crippen LogP contribution in [0.1, 0.15) is 5.82 Å².